The van der Waals surface area contributed by atoms with Gasteiger partial charge in [-0.3, -0.25) is 10.1 Å². The molecule has 1 unspecified atom stereocenters. The summed E-state index contributed by atoms with van der Waals surface area (Å²) in [7, 11) is 0. The Morgan fingerprint density at radius 1 is 1.42 bits per heavy atom. The highest BCUT2D eigenvalue weighted by molar-refractivity contribution is 7.99. The molecule has 0 N–H and O–H groups in total. The van der Waals surface area contributed by atoms with Gasteiger partial charge in [-0.05, 0) is 49.8 Å². The molecular weight excluding hydrogens is 322 g/mol. The normalized spacial score (nSPS) is 14.0. The maximum Gasteiger partial charge on any atom is 0.269 e. The summed E-state index contributed by atoms with van der Waals surface area (Å²) in [4.78, 5) is 15.3. The molecule has 1 heterocycles. The van der Waals surface area contributed by atoms with Crippen molar-refractivity contribution in [2.24, 2.45) is 0 Å². The van der Waals surface area contributed by atoms with E-state index < -0.39 is 0 Å². The first kappa shape index (κ1) is 16.5. The first-order chi connectivity index (χ1) is 11.5. The Bertz CT molecular complexity index is 858. The Balaban J connectivity index is 1.94. The number of pyridine rings is 1. The van der Waals surface area contributed by atoms with Crippen molar-refractivity contribution in [3.63, 3.8) is 0 Å². The minimum absolute atomic E-state index is 0.0247. The zero-order chi connectivity index (χ0) is 17.3. The summed E-state index contributed by atoms with van der Waals surface area (Å²) >= 11 is 1.49. The van der Waals surface area contributed by atoms with Gasteiger partial charge in [-0.2, -0.15) is 5.26 Å². The van der Waals surface area contributed by atoms with E-state index in [2.05, 4.69) is 6.07 Å². The van der Waals surface area contributed by atoms with Crippen molar-refractivity contribution >= 4 is 17.4 Å². The molecule has 2 aromatic rings. The quantitative estimate of drug-likeness (QED) is 0.465. The van der Waals surface area contributed by atoms with Crippen LogP contribution < -0.4 is 0 Å². The van der Waals surface area contributed by atoms with Gasteiger partial charge in [0.05, 0.1) is 10.5 Å². The van der Waals surface area contributed by atoms with Crippen molar-refractivity contribution in [3.8, 4) is 6.07 Å². The van der Waals surface area contributed by atoms with Crippen LogP contribution in [0.2, 0.25) is 0 Å². The average molecular weight is 339 g/mol. The van der Waals surface area contributed by atoms with Crippen LogP contribution >= 0.6 is 11.8 Å². The fourth-order valence-corrected chi connectivity index (χ4v) is 4.19. The molecule has 0 saturated carbocycles. The SMILES string of the molecule is Cc1c(C#N)c(SC(C)c2cccc([N+](=O)[O-])c2)nc2c1CCC2. The van der Waals surface area contributed by atoms with Crippen molar-refractivity contribution in [2.45, 2.75) is 43.4 Å². The number of rotatable bonds is 4. The van der Waals surface area contributed by atoms with Gasteiger partial charge in [0.25, 0.3) is 5.69 Å². The van der Waals surface area contributed by atoms with Crippen molar-refractivity contribution in [1.29, 1.82) is 5.26 Å². The van der Waals surface area contributed by atoms with Crippen LogP contribution in [-0.2, 0) is 12.8 Å². The van der Waals surface area contributed by atoms with Crippen LogP contribution in [0.15, 0.2) is 29.3 Å². The second-order valence-corrected chi connectivity index (χ2v) is 7.25. The van der Waals surface area contributed by atoms with Crippen molar-refractivity contribution in [1.82, 2.24) is 4.98 Å². The summed E-state index contributed by atoms with van der Waals surface area (Å²) < 4.78 is 0. The number of thioether (sulfide) groups is 1. The molecule has 5 nitrogen and oxygen atoms in total. The molecule has 0 saturated heterocycles. The third-order valence-electron chi connectivity index (χ3n) is 4.42. The number of nitrogens with zero attached hydrogens (tertiary/aromatic N) is 3. The van der Waals surface area contributed by atoms with Gasteiger partial charge in [-0.1, -0.05) is 23.9 Å². The number of non-ortho nitro benzene ring substituents is 1. The van der Waals surface area contributed by atoms with Crippen LogP contribution in [0, 0.1) is 28.4 Å². The van der Waals surface area contributed by atoms with Crippen molar-refractivity contribution in [2.75, 3.05) is 0 Å². The topological polar surface area (TPSA) is 79.8 Å². The lowest BCUT2D eigenvalue weighted by Gasteiger charge is -2.15. The molecule has 1 atom stereocenters. The number of benzene rings is 1. The fourth-order valence-electron chi connectivity index (χ4n) is 3.09. The average Bonchev–Trinajstić information content (AvgIpc) is 3.04. The number of aromatic nitrogens is 1. The Labute approximate surface area is 144 Å². The molecule has 24 heavy (non-hydrogen) atoms. The summed E-state index contributed by atoms with van der Waals surface area (Å²) in [5.41, 5.74) is 4.93. The van der Waals surface area contributed by atoms with E-state index >= 15 is 0 Å². The van der Waals surface area contributed by atoms with E-state index in [4.69, 9.17) is 4.98 Å². The van der Waals surface area contributed by atoms with E-state index in [0.29, 0.717) is 5.56 Å². The van der Waals surface area contributed by atoms with Crippen LogP contribution in [0.25, 0.3) is 0 Å². The predicted octanol–water partition coefficient (Wildman–Crippen LogP) is 4.51. The Morgan fingerprint density at radius 2 is 2.21 bits per heavy atom. The van der Waals surface area contributed by atoms with Crippen molar-refractivity contribution < 1.29 is 4.92 Å². The molecule has 3 rings (SSSR count). The molecule has 1 aromatic carbocycles. The highest BCUT2D eigenvalue weighted by Gasteiger charge is 2.22. The molecule has 122 valence electrons. The molecule has 0 aliphatic heterocycles. The van der Waals surface area contributed by atoms with E-state index in [-0.39, 0.29) is 15.9 Å². The maximum absolute atomic E-state index is 11.0. The molecule has 0 radical (unpaired) electrons. The fraction of sp³-hybridized carbons (Fsp3) is 0.333. The van der Waals surface area contributed by atoms with Gasteiger partial charge in [0.1, 0.15) is 11.1 Å². The van der Waals surface area contributed by atoms with Crippen LogP contribution in [0.4, 0.5) is 5.69 Å². The van der Waals surface area contributed by atoms with Crippen LogP contribution in [0.1, 0.15) is 46.5 Å². The summed E-state index contributed by atoms with van der Waals surface area (Å²) in [6.07, 6.45) is 3.04. The van der Waals surface area contributed by atoms with E-state index in [1.807, 2.05) is 19.9 Å². The first-order valence-electron chi connectivity index (χ1n) is 7.84. The standard InChI is InChI=1S/C18H17N3O2S/c1-11-15-7-4-8-17(15)20-18(16(11)10-19)24-12(2)13-5-3-6-14(9-13)21(22)23/h3,5-6,9,12H,4,7-8H2,1-2H3. The third kappa shape index (κ3) is 3.00. The highest BCUT2D eigenvalue weighted by Crippen LogP contribution is 2.39. The van der Waals surface area contributed by atoms with Gasteiger partial charge < -0.3 is 0 Å². The first-order valence-corrected chi connectivity index (χ1v) is 8.72. The Hall–Kier alpha value is -2.39. The van der Waals surface area contributed by atoms with Crippen LogP contribution in [0.5, 0.6) is 0 Å². The van der Waals surface area contributed by atoms with E-state index in [0.717, 1.165) is 41.1 Å². The summed E-state index contributed by atoms with van der Waals surface area (Å²) in [5, 5.41) is 21.2. The highest BCUT2D eigenvalue weighted by atomic mass is 32.2. The number of hydrogen-bond donors (Lipinski definition) is 0. The summed E-state index contributed by atoms with van der Waals surface area (Å²) in [6, 6.07) is 8.92. The number of nitriles is 1. The predicted molar refractivity (Wildman–Crippen MR) is 93.1 cm³/mol. The molecule has 6 heteroatoms. The van der Waals surface area contributed by atoms with Crippen LogP contribution in [-0.4, -0.2) is 9.91 Å². The molecule has 0 spiro atoms. The molecule has 1 aromatic heterocycles. The van der Waals surface area contributed by atoms with Gasteiger partial charge in [-0.15, -0.1) is 0 Å². The second-order valence-electron chi connectivity index (χ2n) is 5.92. The molecule has 1 aliphatic carbocycles. The van der Waals surface area contributed by atoms with Gasteiger partial charge >= 0.3 is 0 Å². The van der Waals surface area contributed by atoms with Crippen molar-refractivity contribution in [3.05, 3.63) is 62.3 Å². The third-order valence-corrected chi connectivity index (χ3v) is 5.56. The van der Waals surface area contributed by atoms with Gasteiger partial charge in [-0.25, -0.2) is 4.98 Å². The second kappa shape index (κ2) is 6.62. The van der Waals surface area contributed by atoms with Gasteiger partial charge in [0.15, 0.2) is 0 Å². The van der Waals surface area contributed by atoms with Crippen LogP contribution in [0.3, 0.4) is 0 Å². The molecule has 0 fully saturated rings. The summed E-state index contributed by atoms with van der Waals surface area (Å²) in [5.74, 6) is 0. The van der Waals surface area contributed by atoms with Gasteiger partial charge in [0.2, 0.25) is 0 Å². The minimum Gasteiger partial charge on any atom is -0.258 e. The zero-order valence-electron chi connectivity index (χ0n) is 13.6. The molecule has 0 amide bonds. The number of nitro groups is 1. The van der Waals surface area contributed by atoms with E-state index in [1.54, 1.807) is 12.1 Å². The lowest BCUT2D eigenvalue weighted by atomic mass is 10.0. The van der Waals surface area contributed by atoms with Gasteiger partial charge in [0, 0.05) is 23.1 Å². The minimum atomic E-state index is -0.389. The number of aryl methyl sites for hydroxylation is 1. The zero-order valence-corrected chi connectivity index (χ0v) is 14.4. The van der Waals surface area contributed by atoms with E-state index in [9.17, 15) is 15.4 Å². The lowest BCUT2D eigenvalue weighted by Crippen LogP contribution is -2.01. The number of nitro benzene ring substituents is 1. The Kier molecular flexibility index (Phi) is 4.54. The van der Waals surface area contributed by atoms with E-state index in [1.165, 1.54) is 23.4 Å². The number of hydrogen-bond acceptors (Lipinski definition) is 5. The molecule has 0 bridgehead atoms. The lowest BCUT2D eigenvalue weighted by molar-refractivity contribution is -0.384. The largest absolute Gasteiger partial charge is 0.269 e. The summed E-state index contributed by atoms with van der Waals surface area (Å²) in [6.45, 7) is 3.97. The monoisotopic (exact) mass is 339 g/mol. The Morgan fingerprint density at radius 3 is 2.92 bits per heavy atom. The molecule has 1 aliphatic rings. The maximum atomic E-state index is 11.0. The smallest absolute Gasteiger partial charge is 0.258 e. The molecular formula is C18H17N3O2S. The number of fused-ring (bicyclic) bond motifs is 1.